The number of carbonyl (C=O) groups is 2. The summed E-state index contributed by atoms with van der Waals surface area (Å²) in [6.45, 7) is 7.37. The molecule has 0 aliphatic heterocycles. The lowest BCUT2D eigenvalue weighted by molar-refractivity contribution is -0.139. The average Bonchev–Trinajstić information content (AvgIpc) is 2.74. The molecule has 0 bridgehead atoms. The molecule has 1 fully saturated rings. The maximum absolute atomic E-state index is 11.5. The van der Waals surface area contributed by atoms with Crippen molar-refractivity contribution < 1.29 is 19.4 Å². The molecule has 0 spiro atoms. The zero-order valence-corrected chi connectivity index (χ0v) is 18.5. The fourth-order valence-corrected chi connectivity index (χ4v) is 4.15. The highest BCUT2D eigenvalue weighted by molar-refractivity contribution is 5.92. The van der Waals surface area contributed by atoms with Gasteiger partial charge in [-0.05, 0) is 61.6 Å². The van der Waals surface area contributed by atoms with E-state index in [2.05, 4.69) is 25.6 Å². The van der Waals surface area contributed by atoms with Crippen molar-refractivity contribution >= 4 is 18.0 Å². The maximum Gasteiger partial charge on any atom is 0.333 e. The number of hydrogen-bond acceptors (Lipinski definition) is 3. The van der Waals surface area contributed by atoms with E-state index < -0.39 is 11.9 Å². The van der Waals surface area contributed by atoms with Crippen molar-refractivity contribution in [2.24, 2.45) is 5.92 Å². The lowest BCUT2D eigenvalue weighted by Crippen LogP contribution is -2.13. The van der Waals surface area contributed by atoms with Gasteiger partial charge in [0, 0.05) is 17.6 Å². The molecule has 0 saturated heterocycles. The summed E-state index contributed by atoms with van der Waals surface area (Å²) in [5.41, 5.74) is 2.74. The van der Waals surface area contributed by atoms with Crippen LogP contribution in [0.2, 0.25) is 0 Å². The lowest BCUT2D eigenvalue weighted by atomic mass is 9.77. The van der Waals surface area contributed by atoms with E-state index in [1.807, 2.05) is 12.1 Å². The Kier molecular flexibility index (Phi) is 9.85. The van der Waals surface area contributed by atoms with E-state index in [-0.39, 0.29) is 18.6 Å². The van der Waals surface area contributed by atoms with Gasteiger partial charge in [-0.1, -0.05) is 63.5 Å². The summed E-state index contributed by atoms with van der Waals surface area (Å²) in [5.74, 6) is 0.0223. The molecule has 4 nitrogen and oxygen atoms in total. The fourth-order valence-electron chi connectivity index (χ4n) is 4.15. The Morgan fingerprint density at radius 1 is 1.13 bits per heavy atom. The number of benzene rings is 1. The Morgan fingerprint density at radius 3 is 2.37 bits per heavy atom. The van der Waals surface area contributed by atoms with E-state index in [4.69, 9.17) is 4.74 Å². The summed E-state index contributed by atoms with van der Waals surface area (Å²) in [7, 11) is 0. The molecule has 0 atom stereocenters. The number of unbranched alkanes of at least 4 members (excludes halogenated alkanes) is 2. The Bertz CT molecular complexity index is 737. The van der Waals surface area contributed by atoms with Gasteiger partial charge in [-0.15, -0.1) is 0 Å². The van der Waals surface area contributed by atoms with Gasteiger partial charge in [0.2, 0.25) is 0 Å². The average molecular weight is 413 g/mol. The standard InChI is InChI=1S/C26H36O4/c1-4-5-6-7-20-8-12-22(13-9-20)23-14-10-21(11-15-23)18-24(25(27)28)16-17-30-26(29)19(2)3/h10-11,14-15,18,20,22H,2,4-9,12-13,16-17H2,1,3H3,(H,27,28). The van der Waals surface area contributed by atoms with Crippen LogP contribution in [0, 0.1) is 5.92 Å². The van der Waals surface area contributed by atoms with Crippen molar-refractivity contribution in [1.82, 2.24) is 0 Å². The monoisotopic (exact) mass is 412 g/mol. The molecule has 0 radical (unpaired) electrons. The van der Waals surface area contributed by atoms with Gasteiger partial charge in [0.05, 0.1) is 6.61 Å². The van der Waals surface area contributed by atoms with Gasteiger partial charge < -0.3 is 9.84 Å². The van der Waals surface area contributed by atoms with Crippen LogP contribution in [-0.2, 0) is 14.3 Å². The highest BCUT2D eigenvalue weighted by Crippen LogP contribution is 2.37. The van der Waals surface area contributed by atoms with Gasteiger partial charge in [-0.2, -0.15) is 0 Å². The van der Waals surface area contributed by atoms with Crippen LogP contribution in [0.5, 0.6) is 0 Å². The number of carboxylic acid groups (broad SMARTS) is 1. The molecule has 1 aromatic rings. The van der Waals surface area contributed by atoms with E-state index in [1.165, 1.54) is 56.9 Å². The van der Waals surface area contributed by atoms with Gasteiger partial charge in [0.25, 0.3) is 0 Å². The van der Waals surface area contributed by atoms with E-state index in [1.54, 1.807) is 13.0 Å². The minimum Gasteiger partial charge on any atom is -0.478 e. The van der Waals surface area contributed by atoms with Crippen LogP contribution in [0.25, 0.3) is 6.08 Å². The Morgan fingerprint density at radius 2 is 1.80 bits per heavy atom. The van der Waals surface area contributed by atoms with Gasteiger partial charge in [-0.3, -0.25) is 0 Å². The fraction of sp³-hybridized carbons (Fsp3) is 0.538. The number of carboxylic acids is 1. The number of esters is 1. The molecule has 1 aliphatic rings. The summed E-state index contributed by atoms with van der Waals surface area (Å²) in [5, 5.41) is 9.44. The van der Waals surface area contributed by atoms with E-state index in [9.17, 15) is 14.7 Å². The third-order valence-electron chi connectivity index (χ3n) is 6.04. The Balaban J connectivity index is 1.89. The Hall–Kier alpha value is -2.36. The van der Waals surface area contributed by atoms with Gasteiger partial charge in [-0.25, -0.2) is 9.59 Å². The van der Waals surface area contributed by atoms with Gasteiger partial charge >= 0.3 is 11.9 Å². The predicted octanol–water partition coefficient (Wildman–Crippen LogP) is 6.52. The van der Waals surface area contributed by atoms with Crippen molar-refractivity contribution in [2.75, 3.05) is 6.61 Å². The van der Waals surface area contributed by atoms with Crippen molar-refractivity contribution in [3.63, 3.8) is 0 Å². The first-order chi connectivity index (χ1) is 14.4. The highest BCUT2D eigenvalue weighted by Gasteiger charge is 2.22. The molecule has 0 unspecified atom stereocenters. The molecular weight excluding hydrogens is 376 g/mol. The number of ether oxygens (including phenoxy) is 1. The minimum absolute atomic E-state index is 0.0312. The molecule has 4 heteroatoms. The minimum atomic E-state index is -0.994. The highest BCUT2D eigenvalue weighted by atomic mass is 16.5. The summed E-state index contributed by atoms with van der Waals surface area (Å²) >= 11 is 0. The van der Waals surface area contributed by atoms with E-state index in [0.29, 0.717) is 11.5 Å². The summed E-state index contributed by atoms with van der Waals surface area (Å²) in [6, 6.07) is 8.25. The number of carbonyl (C=O) groups excluding carboxylic acids is 1. The summed E-state index contributed by atoms with van der Waals surface area (Å²) in [6.07, 6.45) is 12.4. The number of rotatable bonds is 11. The molecule has 0 aromatic heterocycles. The predicted molar refractivity (Wildman–Crippen MR) is 121 cm³/mol. The van der Waals surface area contributed by atoms with Crippen LogP contribution in [0.4, 0.5) is 0 Å². The first-order valence-electron chi connectivity index (χ1n) is 11.3. The molecule has 0 amide bonds. The van der Waals surface area contributed by atoms with Crippen LogP contribution < -0.4 is 0 Å². The summed E-state index contributed by atoms with van der Waals surface area (Å²) in [4.78, 5) is 23.0. The molecule has 164 valence electrons. The largest absolute Gasteiger partial charge is 0.478 e. The third-order valence-corrected chi connectivity index (χ3v) is 6.04. The van der Waals surface area contributed by atoms with Crippen molar-refractivity contribution in [2.45, 2.75) is 77.6 Å². The van der Waals surface area contributed by atoms with Crippen LogP contribution in [-0.4, -0.2) is 23.7 Å². The van der Waals surface area contributed by atoms with Crippen LogP contribution >= 0.6 is 0 Å². The molecular formula is C26H36O4. The van der Waals surface area contributed by atoms with Crippen molar-refractivity contribution in [1.29, 1.82) is 0 Å². The molecule has 30 heavy (non-hydrogen) atoms. The molecule has 1 aromatic carbocycles. The second-order valence-corrected chi connectivity index (χ2v) is 8.52. The maximum atomic E-state index is 11.5. The van der Waals surface area contributed by atoms with Crippen molar-refractivity contribution in [3.8, 4) is 0 Å². The lowest BCUT2D eigenvalue weighted by Gasteiger charge is -2.29. The van der Waals surface area contributed by atoms with Crippen LogP contribution in [0.15, 0.2) is 42.0 Å². The normalized spacial score (nSPS) is 19.3. The van der Waals surface area contributed by atoms with E-state index in [0.717, 1.165) is 11.5 Å². The smallest absolute Gasteiger partial charge is 0.333 e. The second-order valence-electron chi connectivity index (χ2n) is 8.52. The van der Waals surface area contributed by atoms with Crippen molar-refractivity contribution in [3.05, 3.63) is 53.1 Å². The van der Waals surface area contributed by atoms with E-state index >= 15 is 0 Å². The second kappa shape index (κ2) is 12.4. The number of hydrogen-bond donors (Lipinski definition) is 1. The van der Waals surface area contributed by atoms with Gasteiger partial charge in [0.1, 0.15) is 0 Å². The van der Waals surface area contributed by atoms with Crippen LogP contribution in [0.1, 0.15) is 88.7 Å². The third kappa shape index (κ3) is 7.81. The van der Waals surface area contributed by atoms with Crippen LogP contribution in [0.3, 0.4) is 0 Å². The number of aliphatic carboxylic acids is 1. The quantitative estimate of drug-likeness (QED) is 0.255. The molecule has 1 saturated carbocycles. The topological polar surface area (TPSA) is 63.6 Å². The zero-order chi connectivity index (χ0) is 21.9. The molecule has 1 N–H and O–H groups in total. The SMILES string of the molecule is C=C(C)C(=O)OCCC(=Cc1ccc(C2CCC(CCCCC)CC2)cc1)C(=O)O. The molecule has 0 heterocycles. The summed E-state index contributed by atoms with van der Waals surface area (Å²) < 4.78 is 5.02. The zero-order valence-electron chi connectivity index (χ0n) is 18.5. The molecule has 2 rings (SSSR count). The first kappa shape index (κ1) is 23.9. The van der Waals surface area contributed by atoms with Gasteiger partial charge in [0.15, 0.2) is 0 Å². The molecule has 1 aliphatic carbocycles. The first-order valence-corrected chi connectivity index (χ1v) is 11.3. The Labute approximate surface area is 181 Å².